The highest BCUT2D eigenvalue weighted by atomic mass is 79.9. The topological polar surface area (TPSA) is 75.6 Å². The lowest BCUT2D eigenvalue weighted by molar-refractivity contribution is -0.385. The summed E-state index contributed by atoms with van der Waals surface area (Å²) >= 11 is 3.28. The minimum Gasteiger partial charge on any atom is -0.329 e. The molecular weight excluding hydrogens is 324 g/mol. The normalized spacial score (nSPS) is 21.1. The summed E-state index contributed by atoms with van der Waals surface area (Å²) in [6, 6.07) is 5.46. The molecule has 20 heavy (non-hydrogen) atoms. The Hall–Kier alpha value is -1.02. The summed E-state index contributed by atoms with van der Waals surface area (Å²) in [6.07, 6.45) is 0. The third-order valence-electron chi connectivity index (χ3n) is 3.70. The lowest BCUT2D eigenvalue weighted by atomic mass is 10.1. The zero-order valence-corrected chi connectivity index (χ0v) is 13.0. The molecule has 2 rings (SSSR count). The van der Waals surface area contributed by atoms with Gasteiger partial charge >= 0.3 is 0 Å². The Kier molecular flexibility index (Phi) is 5.09. The van der Waals surface area contributed by atoms with Crippen LogP contribution in [0.1, 0.15) is 5.56 Å². The van der Waals surface area contributed by atoms with Crippen molar-refractivity contribution < 1.29 is 4.92 Å². The lowest BCUT2D eigenvalue weighted by Crippen LogP contribution is -2.54. The van der Waals surface area contributed by atoms with Gasteiger partial charge in [-0.05, 0) is 19.2 Å². The molecule has 1 fully saturated rings. The molecule has 6 nitrogen and oxygen atoms in total. The van der Waals surface area contributed by atoms with Gasteiger partial charge in [0.05, 0.1) is 4.92 Å². The summed E-state index contributed by atoms with van der Waals surface area (Å²) in [5, 5.41) is 11.2. The standard InChI is InChI=1S/C13H19BrN4O2/c1-16-4-5-17(12(7-15)9-16)8-10-2-3-11(14)6-13(10)18(19)20/h2-3,6,12H,4-5,7-9,15H2,1H3. The molecule has 1 saturated heterocycles. The van der Waals surface area contributed by atoms with Crippen molar-refractivity contribution in [3.63, 3.8) is 0 Å². The Morgan fingerprint density at radius 2 is 2.25 bits per heavy atom. The first-order valence-electron chi connectivity index (χ1n) is 6.56. The van der Waals surface area contributed by atoms with Crippen LogP contribution in [-0.2, 0) is 6.54 Å². The largest absolute Gasteiger partial charge is 0.329 e. The number of nitro groups is 1. The molecular formula is C13H19BrN4O2. The number of nitrogens with zero attached hydrogens (tertiary/aromatic N) is 3. The smallest absolute Gasteiger partial charge is 0.275 e. The van der Waals surface area contributed by atoms with Crippen molar-refractivity contribution in [1.29, 1.82) is 0 Å². The summed E-state index contributed by atoms with van der Waals surface area (Å²) in [5.41, 5.74) is 6.72. The molecule has 1 heterocycles. The maximum atomic E-state index is 11.2. The van der Waals surface area contributed by atoms with Crippen LogP contribution in [0.25, 0.3) is 0 Å². The van der Waals surface area contributed by atoms with Crippen LogP contribution in [0.5, 0.6) is 0 Å². The van der Waals surface area contributed by atoms with Crippen molar-refractivity contribution in [3.05, 3.63) is 38.3 Å². The fourth-order valence-electron chi connectivity index (χ4n) is 2.54. The van der Waals surface area contributed by atoms with E-state index >= 15 is 0 Å². The minimum absolute atomic E-state index is 0.161. The number of likely N-dealkylation sites (N-methyl/N-ethyl adjacent to an activating group) is 1. The monoisotopic (exact) mass is 342 g/mol. The van der Waals surface area contributed by atoms with Crippen LogP contribution in [0, 0.1) is 10.1 Å². The molecule has 0 bridgehead atoms. The molecule has 7 heteroatoms. The van der Waals surface area contributed by atoms with Gasteiger partial charge in [0.1, 0.15) is 0 Å². The summed E-state index contributed by atoms with van der Waals surface area (Å²) in [4.78, 5) is 15.3. The first kappa shape index (κ1) is 15.4. The minimum atomic E-state index is -0.326. The third kappa shape index (κ3) is 3.54. The zero-order chi connectivity index (χ0) is 14.7. The maximum Gasteiger partial charge on any atom is 0.275 e. The molecule has 1 aromatic carbocycles. The van der Waals surface area contributed by atoms with Gasteiger partial charge in [-0.3, -0.25) is 15.0 Å². The average molecular weight is 343 g/mol. The summed E-state index contributed by atoms with van der Waals surface area (Å²) in [5.74, 6) is 0. The van der Waals surface area contributed by atoms with E-state index in [1.54, 1.807) is 6.07 Å². The third-order valence-corrected chi connectivity index (χ3v) is 4.19. The summed E-state index contributed by atoms with van der Waals surface area (Å²) in [7, 11) is 2.07. The van der Waals surface area contributed by atoms with Gasteiger partial charge < -0.3 is 10.6 Å². The van der Waals surface area contributed by atoms with Crippen LogP contribution < -0.4 is 5.73 Å². The Labute approximate surface area is 126 Å². The van der Waals surface area contributed by atoms with E-state index in [2.05, 4.69) is 32.8 Å². The second-order valence-electron chi connectivity index (χ2n) is 5.15. The number of nitro benzene ring substituents is 1. The summed E-state index contributed by atoms with van der Waals surface area (Å²) in [6.45, 7) is 3.88. The molecule has 1 atom stereocenters. The van der Waals surface area contributed by atoms with Crippen LogP contribution in [0.2, 0.25) is 0 Å². The van der Waals surface area contributed by atoms with Crippen molar-refractivity contribution in [2.24, 2.45) is 5.73 Å². The average Bonchev–Trinajstić information content (AvgIpc) is 2.42. The number of hydrogen-bond donors (Lipinski definition) is 1. The van der Waals surface area contributed by atoms with E-state index < -0.39 is 0 Å². The van der Waals surface area contributed by atoms with Crippen molar-refractivity contribution in [1.82, 2.24) is 9.80 Å². The first-order chi connectivity index (χ1) is 9.51. The molecule has 2 N–H and O–H groups in total. The van der Waals surface area contributed by atoms with E-state index in [9.17, 15) is 10.1 Å². The van der Waals surface area contributed by atoms with E-state index in [1.807, 2.05) is 12.1 Å². The van der Waals surface area contributed by atoms with E-state index in [0.29, 0.717) is 13.1 Å². The fourth-order valence-corrected chi connectivity index (χ4v) is 2.89. The summed E-state index contributed by atoms with van der Waals surface area (Å²) < 4.78 is 0.724. The molecule has 0 aromatic heterocycles. The number of piperazine rings is 1. The molecule has 1 aliphatic rings. The van der Waals surface area contributed by atoms with E-state index in [1.165, 1.54) is 0 Å². The van der Waals surface area contributed by atoms with E-state index in [0.717, 1.165) is 29.7 Å². The van der Waals surface area contributed by atoms with Gasteiger partial charge in [-0.2, -0.15) is 0 Å². The Morgan fingerprint density at radius 1 is 1.50 bits per heavy atom. The highest BCUT2D eigenvalue weighted by molar-refractivity contribution is 9.10. The molecule has 0 aliphatic carbocycles. The first-order valence-corrected chi connectivity index (χ1v) is 7.36. The molecule has 0 radical (unpaired) electrons. The van der Waals surface area contributed by atoms with Gasteiger partial charge in [0.15, 0.2) is 0 Å². The zero-order valence-electron chi connectivity index (χ0n) is 11.5. The van der Waals surface area contributed by atoms with Gasteiger partial charge in [-0.15, -0.1) is 0 Å². The molecule has 1 aromatic rings. The fraction of sp³-hybridized carbons (Fsp3) is 0.538. The highest BCUT2D eigenvalue weighted by Crippen LogP contribution is 2.25. The van der Waals surface area contributed by atoms with Crippen LogP contribution in [-0.4, -0.2) is 54.0 Å². The predicted octanol–water partition coefficient (Wildman–Crippen LogP) is 1.43. The molecule has 110 valence electrons. The number of benzene rings is 1. The van der Waals surface area contributed by atoms with Crippen molar-refractivity contribution in [2.75, 3.05) is 33.2 Å². The number of hydrogen-bond acceptors (Lipinski definition) is 5. The van der Waals surface area contributed by atoms with Crippen LogP contribution in [0.15, 0.2) is 22.7 Å². The van der Waals surface area contributed by atoms with Gasteiger partial charge in [-0.1, -0.05) is 15.9 Å². The second kappa shape index (κ2) is 6.62. The van der Waals surface area contributed by atoms with Crippen molar-refractivity contribution in [3.8, 4) is 0 Å². The molecule has 0 amide bonds. The van der Waals surface area contributed by atoms with Gasteiger partial charge in [-0.25, -0.2) is 0 Å². The Balaban J connectivity index is 2.18. The molecule has 0 saturated carbocycles. The lowest BCUT2D eigenvalue weighted by Gasteiger charge is -2.39. The van der Waals surface area contributed by atoms with E-state index in [4.69, 9.17) is 5.73 Å². The maximum absolute atomic E-state index is 11.2. The Morgan fingerprint density at radius 3 is 2.90 bits per heavy atom. The number of nitrogens with two attached hydrogens (primary N) is 1. The Bertz CT molecular complexity index is 497. The molecule has 1 unspecified atom stereocenters. The van der Waals surface area contributed by atoms with Crippen LogP contribution >= 0.6 is 15.9 Å². The quantitative estimate of drug-likeness (QED) is 0.661. The van der Waals surface area contributed by atoms with Crippen LogP contribution in [0.4, 0.5) is 5.69 Å². The van der Waals surface area contributed by atoms with E-state index in [-0.39, 0.29) is 16.7 Å². The number of rotatable bonds is 4. The predicted molar refractivity (Wildman–Crippen MR) is 81.5 cm³/mol. The molecule has 1 aliphatic heterocycles. The van der Waals surface area contributed by atoms with Crippen molar-refractivity contribution >= 4 is 21.6 Å². The number of halogens is 1. The van der Waals surface area contributed by atoms with Crippen molar-refractivity contribution in [2.45, 2.75) is 12.6 Å². The van der Waals surface area contributed by atoms with Gasteiger partial charge in [0.25, 0.3) is 5.69 Å². The highest BCUT2D eigenvalue weighted by Gasteiger charge is 2.26. The SMILES string of the molecule is CN1CCN(Cc2ccc(Br)cc2[N+](=O)[O-])C(CN)C1. The van der Waals surface area contributed by atoms with Gasteiger partial charge in [0, 0.05) is 54.9 Å². The molecule has 0 spiro atoms. The second-order valence-corrected chi connectivity index (χ2v) is 6.07. The van der Waals surface area contributed by atoms with Gasteiger partial charge in [0.2, 0.25) is 0 Å². The van der Waals surface area contributed by atoms with Crippen LogP contribution in [0.3, 0.4) is 0 Å².